The van der Waals surface area contributed by atoms with Crippen molar-refractivity contribution in [3.05, 3.63) is 0 Å². The zero-order valence-corrected chi connectivity index (χ0v) is 12.2. The molecule has 2 aliphatic heterocycles. The molecule has 15 heavy (non-hydrogen) atoms. The van der Waals surface area contributed by atoms with Crippen molar-refractivity contribution in [2.24, 2.45) is 5.41 Å². The molecule has 0 spiro atoms. The summed E-state index contributed by atoms with van der Waals surface area (Å²) < 4.78 is 0. The molecule has 2 aliphatic rings. The van der Waals surface area contributed by atoms with Crippen LogP contribution in [0.2, 0.25) is 0 Å². The Morgan fingerprint density at radius 2 is 2.13 bits per heavy atom. The van der Waals surface area contributed by atoms with Crippen LogP contribution in [0.15, 0.2) is 0 Å². The van der Waals surface area contributed by atoms with Crippen molar-refractivity contribution >= 4 is 27.7 Å². The third-order valence-electron chi connectivity index (χ3n) is 3.56. The number of rotatable bonds is 1. The first kappa shape index (κ1) is 12.3. The maximum atomic E-state index is 3.82. The van der Waals surface area contributed by atoms with Crippen molar-refractivity contribution in [3.63, 3.8) is 0 Å². The lowest BCUT2D eigenvalue weighted by atomic mass is 9.88. The summed E-state index contributed by atoms with van der Waals surface area (Å²) in [7, 11) is 0. The number of alkyl halides is 1. The van der Waals surface area contributed by atoms with Crippen LogP contribution in [0.5, 0.6) is 0 Å². The molecule has 2 rings (SSSR count). The van der Waals surface area contributed by atoms with Gasteiger partial charge < -0.3 is 0 Å². The van der Waals surface area contributed by atoms with Gasteiger partial charge in [0.25, 0.3) is 0 Å². The van der Waals surface area contributed by atoms with Crippen molar-refractivity contribution in [2.45, 2.75) is 44.0 Å². The minimum atomic E-state index is 0.484. The van der Waals surface area contributed by atoms with Gasteiger partial charge in [-0.05, 0) is 37.0 Å². The number of nitrogens with zero attached hydrogens (tertiary/aromatic N) is 1. The number of hydrogen-bond donors (Lipinski definition) is 0. The Hall–Kier alpha value is 0.790. The van der Waals surface area contributed by atoms with Crippen molar-refractivity contribution in [2.75, 3.05) is 24.6 Å². The van der Waals surface area contributed by atoms with Crippen LogP contribution in [0.25, 0.3) is 0 Å². The second-order valence-corrected chi connectivity index (χ2v) is 8.19. The molecule has 1 nitrogen and oxygen atoms in total. The maximum absolute atomic E-state index is 3.82. The lowest BCUT2D eigenvalue weighted by Gasteiger charge is -2.33. The quantitative estimate of drug-likeness (QED) is 0.682. The van der Waals surface area contributed by atoms with Gasteiger partial charge in [-0.3, -0.25) is 4.90 Å². The average Bonchev–Trinajstić information content (AvgIpc) is 2.59. The van der Waals surface area contributed by atoms with Crippen LogP contribution >= 0.6 is 27.7 Å². The van der Waals surface area contributed by atoms with E-state index in [0.717, 1.165) is 10.9 Å². The van der Waals surface area contributed by atoms with Crippen LogP contribution in [-0.2, 0) is 0 Å². The molecule has 3 heteroatoms. The van der Waals surface area contributed by atoms with Gasteiger partial charge in [0.1, 0.15) is 0 Å². The highest BCUT2D eigenvalue weighted by molar-refractivity contribution is 9.09. The van der Waals surface area contributed by atoms with E-state index in [1.54, 1.807) is 0 Å². The Morgan fingerprint density at radius 1 is 1.33 bits per heavy atom. The van der Waals surface area contributed by atoms with Crippen molar-refractivity contribution in [1.29, 1.82) is 0 Å². The Bertz CT molecular complexity index is 214. The fraction of sp³-hybridized carbons (Fsp3) is 1.00. The molecule has 2 fully saturated rings. The first-order valence-electron chi connectivity index (χ1n) is 6.03. The third kappa shape index (κ3) is 3.37. The molecule has 2 heterocycles. The largest absolute Gasteiger partial charge is 0.299 e. The minimum absolute atomic E-state index is 0.484. The Labute approximate surface area is 106 Å². The van der Waals surface area contributed by atoms with Gasteiger partial charge in [0, 0.05) is 23.2 Å². The molecular formula is C12H22BrNS. The van der Waals surface area contributed by atoms with E-state index in [0.29, 0.717) is 5.41 Å². The molecule has 2 saturated heterocycles. The van der Waals surface area contributed by atoms with Gasteiger partial charge in [-0.25, -0.2) is 0 Å². The highest BCUT2D eigenvalue weighted by Gasteiger charge is 2.33. The zero-order chi connectivity index (χ0) is 10.9. The van der Waals surface area contributed by atoms with Crippen molar-refractivity contribution in [3.8, 4) is 0 Å². The summed E-state index contributed by atoms with van der Waals surface area (Å²) >= 11 is 5.95. The van der Waals surface area contributed by atoms with Gasteiger partial charge in [0.2, 0.25) is 0 Å². The summed E-state index contributed by atoms with van der Waals surface area (Å²) in [6.07, 6.45) is 4.06. The Kier molecular flexibility index (Phi) is 4.06. The van der Waals surface area contributed by atoms with E-state index in [2.05, 4.69) is 46.4 Å². The number of thioether (sulfide) groups is 1. The summed E-state index contributed by atoms with van der Waals surface area (Å²) in [6, 6.07) is 0.868. The molecule has 0 aromatic rings. The highest BCUT2D eigenvalue weighted by Crippen LogP contribution is 2.34. The Balaban J connectivity index is 1.99. The van der Waals surface area contributed by atoms with E-state index < -0.39 is 0 Å². The molecule has 0 amide bonds. The summed E-state index contributed by atoms with van der Waals surface area (Å²) in [5.41, 5.74) is 0.484. The molecule has 0 N–H and O–H groups in total. The molecule has 0 aliphatic carbocycles. The molecule has 0 aromatic carbocycles. The Morgan fingerprint density at radius 3 is 2.80 bits per heavy atom. The van der Waals surface area contributed by atoms with Crippen molar-refractivity contribution in [1.82, 2.24) is 4.90 Å². The summed E-state index contributed by atoms with van der Waals surface area (Å²) in [6.45, 7) is 7.42. The monoisotopic (exact) mass is 291 g/mol. The second kappa shape index (κ2) is 4.97. The lowest BCUT2D eigenvalue weighted by molar-refractivity contribution is 0.155. The topological polar surface area (TPSA) is 3.24 Å². The van der Waals surface area contributed by atoms with E-state index in [1.807, 2.05) is 0 Å². The van der Waals surface area contributed by atoms with E-state index in [9.17, 15) is 0 Å². The molecule has 2 unspecified atom stereocenters. The number of hydrogen-bond acceptors (Lipinski definition) is 2. The van der Waals surface area contributed by atoms with Gasteiger partial charge in [-0.2, -0.15) is 11.8 Å². The van der Waals surface area contributed by atoms with Gasteiger partial charge in [0.05, 0.1) is 0 Å². The molecule has 88 valence electrons. The van der Waals surface area contributed by atoms with Gasteiger partial charge >= 0.3 is 0 Å². The maximum Gasteiger partial charge on any atom is 0.0194 e. The summed E-state index contributed by atoms with van der Waals surface area (Å²) in [5, 5.41) is 0. The van der Waals surface area contributed by atoms with Crippen LogP contribution in [0.4, 0.5) is 0 Å². The first-order valence-corrected chi connectivity index (χ1v) is 8.10. The van der Waals surface area contributed by atoms with E-state index in [4.69, 9.17) is 0 Å². The predicted octanol–water partition coefficient (Wildman–Crippen LogP) is 3.38. The number of likely N-dealkylation sites (tertiary alicyclic amines) is 1. The highest BCUT2D eigenvalue weighted by atomic mass is 79.9. The first-order chi connectivity index (χ1) is 7.07. The average molecular weight is 292 g/mol. The van der Waals surface area contributed by atoms with Crippen LogP contribution in [0.3, 0.4) is 0 Å². The smallest absolute Gasteiger partial charge is 0.0194 e. The van der Waals surface area contributed by atoms with Crippen LogP contribution in [0, 0.1) is 5.41 Å². The molecule has 0 radical (unpaired) electrons. The lowest BCUT2D eigenvalue weighted by Crippen LogP contribution is -2.40. The SMILES string of the molecule is CC1(C)CC(Br)CCN(C2CCSC2)C1. The molecular weight excluding hydrogens is 270 g/mol. The van der Waals surface area contributed by atoms with E-state index >= 15 is 0 Å². The molecule has 0 saturated carbocycles. The second-order valence-electron chi connectivity index (χ2n) is 5.74. The van der Waals surface area contributed by atoms with Crippen LogP contribution < -0.4 is 0 Å². The van der Waals surface area contributed by atoms with Gasteiger partial charge in [-0.15, -0.1) is 0 Å². The summed E-state index contributed by atoms with van der Waals surface area (Å²) in [4.78, 5) is 3.48. The zero-order valence-electron chi connectivity index (χ0n) is 9.84. The van der Waals surface area contributed by atoms with E-state index in [-0.39, 0.29) is 0 Å². The fourth-order valence-corrected chi connectivity index (χ4v) is 5.16. The summed E-state index contributed by atoms with van der Waals surface area (Å²) in [5.74, 6) is 2.74. The number of halogens is 1. The normalized spacial score (nSPS) is 37.8. The predicted molar refractivity (Wildman–Crippen MR) is 73.0 cm³/mol. The standard InChI is InChI=1S/C12H22BrNS/c1-12(2)7-10(13)3-5-14(9-12)11-4-6-15-8-11/h10-11H,3-9H2,1-2H3. The van der Waals surface area contributed by atoms with Crippen LogP contribution in [-0.4, -0.2) is 40.4 Å². The molecule has 0 bridgehead atoms. The third-order valence-corrected chi connectivity index (χ3v) is 5.48. The van der Waals surface area contributed by atoms with Gasteiger partial charge in [0.15, 0.2) is 0 Å². The van der Waals surface area contributed by atoms with Crippen molar-refractivity contribution < 1.29 is 0 Å². The fourth-order valence-electron chi connectivity index (χ4n) is 2.82. The molecule has 2 atom stereocenters. The molecule has 0 aromatic heterocycles. The van der Waals surface area contributed by atoms with Gasteiger partial charge in [-0.1, -0.05) is 29.8 Å². The van der Waals surface area contributed by atoms with E-state index in [1.165, 1.54) is 43.9 Å². The van der Waals surface area contributed by atoms with Crippen LogP contribution in [0.1, 0.15) is 33.1 Å². The minimum Gasteiger partial charge on any atom is -0.299 e.